The summed E-state index contributed by atoms with van der Waals surface area (Å²) in [6, 6.07) is 2.98. The van der Waals surface area contributed by atoms with E-state index in [2.05, 4.69) is 4.98 Å². The van der Waals surface area contributed by atoms with Gasteiger partial charge in [0, 0.05) is 23.6 Å². The normalized spacial score (nSPS) is 12.2. The molecule has 6 heteroatoms. The maximum atomic E-state index is 10.5. The molecule has 1 rings (SSSR count). The van der Waals surface area contributed by atoms with E-state index in [9.17, 15) is 4.79 Å². The number of aliphatic carboxylic acids is 1. The van der Waals surface area contributed by atoms with Gasteiger partial charge < -0.3 is 15.6 Å². The van der Waals surface area contributed by atoms with Gasteiger partial charge in [-0.3, -0.25) is 9.78 Å². The van der Waals surface area contributed by atoms with Gasteiger partial charge in [0.05, 0.1) is 12.8 Å². The molecule has 0 aliphatic rings. The monoisotopic (exact) mass is 270 g/mol. The number of thioether (sulfide) groups is 1. The second kappa shape index (κ2) is 7.23. The highest BCUT2D eigenvalue weighted by Crippen LogP contribution is 2.18. The third-order valence-corrected chi connectivity index (χ3v) is 3.38. The fourth-order valence-corrected chi connectivity index (χ4v) is 2.33. The summed E-state index contributed by atoms with van der Waals surface area (Å²) in [7, 11) is 1.62. The summed E-state index contributed by atoms with van der Waals surface area (Å²) >= 11 is 1.62. The van der Waals surface area contributed by atoms with Crippen LogP contribution in [0.1, 0.15) is 17.8 Å². The van der Waals surface area contributed by atoms with Crippen LogP contribution in [-0.2, 0) is 10.5 Å². The number of hydrogen-bond donors (Lipinski definition) is 2. The second-order valence-electron chi connectivity index (χ2n) is 3.93. The number of nitrogens with two attached hydrogens (primary N) is 1. The van der Waals surface area contributed by atoms with Crippen molar-refractivity contribution in [2.24, 2.45) is 5.73 Å². The maximum absolute atomic E-state index is 10.5. The molecule has 0 radical (unpaired) electrons. The summed E-state index contributed by atoms with van der Waals surface area (Å²) in [6.45, 7) is 1.91. The fraction of sp³-hybridized carbons (Fsp3) is 0.500. The highest BCUT2D eigenvalue weighted by atomic mass is 32.2. The number of carbonyl (C=O) groups is 1. The lowest BCUT2D eigenvalue weighted by atomic mass is 10.2. The first-order valence-electron chi connectivity index (χ1n) is 5.60. The second-order valence-corrected chi connectivity index (χ2v) is 5.03. The lowest BCUT2D eigenvalue weighted by Gasteiger charge is -2.07. The Morgan fingerprint density at radius 2 is 2.33 bits per heavy atom. The largest absolute Gasteiger partial charge is 0.497 e. The van der Waals surface area contributed by atoms with E-state index in [1.54, 1.807) is 18.9 Å². The number of aryl methyl sites for hydroxylation is 1. The third kappa shape index (κ3) is 4.93. The summed E-state index contributed by atoms with van der Waals surface area (Å²) in [5.74, 6) is 1.27. The van der Waals surface area contributed by atoms with E-state index in [0.29, 0.717) is 12.2 Å². The molecule has 0 spiro atoms. The molecule has 100 valence electrons. The van der Waals surface area contributed by atoms with Gasteiger partial charge >= 0.3 is 5.97 Å². The molecular weight excluding hydrogens is 252 g/mol. The van der Waals surface area contributed by atoms with E-state index in [-0.39, 0.29) is 0 Å². The van der Waals surface area contributed by atoms with Crippen LogP contribution in [0.15, 0.2) is 12.1 Å². The topological polar surface area (TPSA) is 85.4 Å². The molecule has 0 aromatic carbocycles. The number of carboxylic acid groups (broad SMARTS) is 1. The Morgan fingerprint density at radius 1 is 1.61 bits per heavy atom. The molecule has 5 nitrogen and oxygen atoms in total. The standard InChI is InChI=1S/C12H18N2O3S/c1-8-5-10(17-2)6-9(14-8)7-18-4-3-11(13)12(15)16/h5-6,11H,3-4,7,13H2,1-2H3,(H,15,16). The van der Waals surface area contributed by atoms with Crippen molar-refractivity contribution >= 4 is 17.7 Å². The van der Waals surface area contributed by atoms with Gasteiger partial charge in [0.25, 0.3) is 0 Å². The van der Waals surface area contributed by atoms with Gasteiger partial charge in [-0.25, -0.2) is 0 Å². The van der Waals surface area contributed by atoms with Crippen LogP contribution in [0.5, 0.6) is 5.75 Å². The summed E-state index contributed by atoms with van der Waals surface area (Å²) in [5, 5.41) is 8.64. The molecule has 18 heavy (non-hydrogen) atoms. The van der Waals surface area contributed by atoms with Crippen molar-refractivity contribution in [3.63, 3.8) is 0 Å². The molecule has 0 amide bonds. The van der Waals surface area contributed by atoms with Gasteiger partial charge in [0.15, 0.2) is 0 Å². The molecular formula is C12H18N2O3S. The van der Waals surface area contributed by atoms with Gasteiger partial charge in [-0.1, -0.05) is 0 Å². The summed E-state index contributed by atoms with van der Waals surface area (Å²) in [6.07, 6.45) is 0.461. The van der Waals surface area contributed by atoms with Crippen molar-refractivity contribution in [2.45, 2.75) is 25.1 Å². The van der Waals surface area contributed by atoms with Crippen LogP contribution in [0.2, 0.25) is 0 Å². The van der Waals surface area contributed by atoms with Crippen molar-refractivity contribution in [2.75, 3.05) is 12.9 Å². The molecule has 0 aliphatic carbocycles. The molecule has 3 N–H and O–H groups in total. The zero-order valence-electron chi connectivity index (χ0n) is 10.5. The van der Waals surface area contributed by atoms with Gasteiger partial charge in [0.1, 0.15) is 11.8 Å². The molecule has 1 heterocycles. The predicted octanol–water partition coefficient (Wildman–Crippen LogP) is 1.43. The summed E-state index contributed by atoms with van der Waals surface area (Å²) in [4.78, 5) is 14.9. The molecule has 1 atom stereocenters. The highest BCUT2D eigenvalue weighted by molar-refractivity contribution is 7.98. The quantitative estimate of drug-likeness (QED) is 0.729. The van der Waals surface area contributed by atoms with E-state index < -0.39 is 12.0 Å². The van der Waals surface area contributed by atoms with E-state index in [1.807, 2.05) is 19.1 Å². The molecule has 1 aromatic rings. The molecule has 0 saturated carbocycles. The van der Waals surface area contributed by atoms with Crippen molar-refractivity contribution in [1.82, 2.24) is 4.98 Å². The number of aromatic nitrogens is 1. The highest BCUT2D eigenvalue weighted by Gasteiger charge is 2.10. The van der Waals surface area contributed by atoms with Gasteiger partial charge in [-0.05, 0) is 19.1 Å². The predicted molar refractivity (Wildman–Crippen MR) is 71.9 cm³/mol. The first-order chi connectivity index (χ1) is 8.52. The van der Waals surface area contributed by atoms with Crippen LogP contribution in [-0.4, -0.2) is 35.0 Å². The lowest BCUT2D eigenvalue weighted by Crippen LogP contribution is -2.30. The minimum Gasteiger partial charge on any atom is -0.497 e. The van der Waals surface area contributed by atoms with Crippen molar-refractivity contribution in [3.05, 3.63) is 23.5 Å². The molecule has 0 fully saturated rings. The third-order valence-electron chi connectivity index (χ3n) is 2.36. The number of nitrogens with zero attached hydrogens (tertiary/aromatic N) is 1. The van der Waals surface area contributed by atoms with Gasteiger partial charge in [0.2, 0.25) is 0 Å². The zero-order valence-corrected chi connectivity index (χ0v) is 11.4. The fourth-order valence-electron chi connectivity index (χ4n) is 1.41. The van der Waals surface area contributed by atoms with Crippen LogP contribution in [0, 0.1) is 6.92 Å². The zero-order chi connectivity index (χ0) is 13.5. The number of methoxy groups -OCH3 is 1. The van der Waals surface area contributed by atoms with Crippen LogP contribution in [0.25, 0.3) is 0 Å². The average molecular weight is 270 g/mol. The summed E-state index contributed by atoms with van der Waals surface area (Å²) in [5.41, 5.74) is 7.26. The average Bonchev–Trinajstić information content (AvgIpc) is 2.33. The molecule has 0 aliphatic heterocycles. The van der Waals surface area contributed by atoms with Crippen molar-refractivity contribution in [3.8, 4) is 5.75 Å². The molecule has 1 unspecified atom stereocenters. The Hall–Kier alpha value is -1.27. The van der Waals surface area contributed by atoms with Gasteiger partial charge in [-0.15, -0.1) is 0 Å². The number of rotatable bonds is 7. The Bertz CT molecular complexity index is 412. The number of pyridine rings is 1. The Kier molecular flexibility index (Phi) is 5.94. The van der Waals surface area contributed by atoms with E-state index in [0.717, 1.165) is 22.9 Å². The minimum absolute atomic E-state index is 0.461. The smallest absolute Gasteiger partial charge is 0.320 e. The number of hydrogen-bond acceptors (Lipinski definition) is 5. The molecule has 0 saturated heterocycles. The maximum Gasteiger partial charge on any atom is 0.320 e. The van der Waals surface area contributed by atoms with Crippen molar-refractivity contribution < 1.29 is 14.6 Å². The Labute approximate surface area is 111 Å². The van der Waals surface area contributed by atoms with E-state index in [1.165, 1.54) is 0 Å². The van der Waals surface area contributed by atoms with Crippen LogP contribution < -0.4 is 10.5 Å². The number of carboxylic acids is 1. The van der Waals surface area contributed by atoms with E-state index in [4.69, 9.17) is 15.6 Å². The minimum atomic E-state index is -0.953. The molecule has 1 aromatic heterocycles. The van der Waals surface area contributed by atoms with Crippen LogP contribution in [0.3, 0.4) is 0 Å². The first kappa shape index (κ1) is 14.8. The van der Waals surface area contributed by atoms with Gasteiger partial charge in [-0.2, -0.15) is 11.8 Å². The van der Waals surface area contributed by atoms with Crippen LogP contribution in [0.4, 0.5) is 0 Å². The summed E-state index contributed by atoms with van der Waals surface area (Å²) < 4.78 is 5.16. The van der Waals surface area contributed by atoms with Crippen molar-refractivity contribution in [1.29, 1.82) is 0 Å². The van der Waals surface area contributed by atoms with Crippen LogP contribution >= 0.6 is 11.8 Å². The van der Waals surface area contributed by atoms with E-state index >= 15 is 0 Å². The SMILES string of the molecule is COc1cc(C)nc(CSCCC(N)C(=O)O)c1. The first-order valence-corrected chi connectivity index (χ1v) is 6.76. The Balaban J connectivity index is 2.39. The Morgan fingerprint density at radius 3 is 2.94 bits per heavy atom. The molecule has 0 bridgehead atoms. The number of ether oxygens (including phenoxy) is 1. The lowest BCUT2D eigenvalue weighted by molar-refractivity contribution is -0.138.